The van der Waals surface area contributed by atoms with Gasteiger partial charge < -0.3 is 10.4 Å². The smallest absolute Gasteiger partial charge is 0.239 e. The van der Waals surface area contributed by atoms with Crippen molar-refractivity contribution >= 4 is 26.7 Å². The normalized spacial score (nSPS) is 13.4. The Balaban J connectivity index is 1.61. The first-order valence-corrected chi connectivity index (χ1v) is 13.4. The molecule has 4 aromatic rings. The Morgan fingerprint density at radius 3 is 2.22 bits per heavy atom. The summed E-state index contributed by atoms with van der Waals surface area (Å²) in [5, 5.41) is 14.8. The fourth-order valence-corrected chi connectivity index (χ4v) is 5.71. The number of fused-ring (bicyclic) bond motifs is 1. The number of phenols is 1. The predicted octanol–water partition coefficient (Wildman–Crippen LogP) is 4.80. The maximum Gasteiger partial charge on any atom is 0.239 e. The van der Waals surface area contributed by atoms with Gasteiger partial charge in [-0.1, -0.05) is 84.9 Å². The van der Waals surface area contributed by atoms with Gasteiger partial charge in [-0.2, -0.15) is 4.31 Å². The number of carbonyl (C=O) groups excluding carboxylic acids is 1. The number of rotatable bonds is 9. The monoisotopic (exact) mass is 502 g/mol. The summed E-state index contributed by atoms with van der Waals surface area (Å²) < 4.78 is 27.8. The van der Waals surface area contributed by atoms with Crippen molar-refractivity contribution in [1.82, 2.24) is 9.62 Å². The number of benzene rings is 4. The van der Waals surface area contributed by atoms with Crippen LogP contribution in [0.3, 0.4) is 0 Å². The van der Waals surface area contributed by atoms with Crippen LogP contribution in [0.4, 0.5) is 0 Å². The van der Waals surface area contributed by atoms with Crippen molar-refractivity contribution in [1.29, 1.82) is 0 Å². The molecule has 1 amide bonds. The van der Waals surface area contributed by atoms with Crippen molar-refractivity contribution in [2.45, 2.75) is 31.2 Å². The number of likely N-dealkylation sites (N-methyl/N-ethyl adjacent to an activating group) is 1. The number of hydrogen-bond acceptors (Lipinski definition) is 4. The topological polar surface area (TPSA) is 86.7 Å². The van der Waals surface area contributed by atoms with Crippen LogP contribution < -0.4 is 5.32 Å². The molecule has 0 spiro atoms. The van der Waals surface area contributed by atoms with Gasteiger partial charge in [-0.25, -0.2) is 8.42 Å². The number of aromatic hydroxyl groups is 1. The van der Waals surface area contributed by atoms with E-state index < -0.39 is 16.1 Å². The van der Waals surface area contributed by atoms with Gasteiger partial charge >= 0.3 is 0 Å². The molecule has 0 radical (unpaired) electrons. The van der Waals surface area contributed by atoms with E-state index in [4.69, 9.17) is 0 Å². The largest absolute Gasteiger partial charge is 0.508 e. The van der Waals surface area contributed by atoms with E-state index in [1.54, 1.807) is 36.4 Å². The van der Waals surface area contributed by atoms with E-state index in [0.717, 1.165) is 26.2 Å². The lowest BCUT2D eigenvalue weighted by molar-refractivity contribution is -0.125. The van der Waals surface area contributed by atoms with Gasteiger partial charge in [-0.3, -0.25) is 4.79 Å². The third-order valence-electron chi connectivity index (χ3n) is 6.39. The molecule has 0 heterocycles. The molecular weight excluding hydrogens is 472 g/mol. The van der Waals surface area contributed by atoms with Crippen LogP contribution in [0.1, 0.15) is 29.7 Å². The molecule has 0 aromatic heterocycles. The number of nitrogens with one attached hydrogen (secondary N) is 1. The molecule has 7 heteroatoms. The molecular formula is C29H30N2O4S. The van der Waals surface area contributed by atoms with E-state index in [1.165, 1.54) is 19.2 Å². The van der Waals surface area contributed by atoms with Crippen molar-refractivity contribution < 1.29 is 18.3 Å². The third-order valence-corrected chi connectivity index (χ3v) is 8.22. The van der Waals surface area contributed by atoms with Gasteiger partial charge in [0.2, 0.25) is 15.9 Å². The first kappa shape index (κ1) is 25.4. The zero-order valence-electron chi connectivity index (χ0n) is 20.3. The zero-order valence-corrected chi connectivity index (χ0v) is 21.2. The molecule has 0 saturated carbocycles. The van der Waals surface area contributed by atoms with Gasteiger partial charge in [0.15, 0.2) is 0 Å². The summed E-state index contributed by atoms with van der Waals surface area (Å²) in [5.41, 5.74) is 2.35. The Morgan fingerprint density at radius 2 is 1.50 bits per heavy atom. The molecule has 6 nitrogen and oxygen atoms in total. The highest BCUT2D eigenvalue weighted by atomic mass is 32.2. The molecule has 0 aliphatic rings. The van der Waals surface area contributed by atoms with Crippen LogP contribution in [0, 0.1) is 0 Å². The second-order valence-electron chi connectivity index (χ2n) is 8.94. The molecule has 4 rings (SSSR count). The quantitative estimate of drug-likeness (QED) is 0.344. The number of amides is 1. The van der Waals surface area contributed by atoms with Crippen molar-refractivity contribution in [2.75, 3.05) is 7.05 Å². The van der Waals surface area contributed by atoms with Crippen LogP contribution in [-0.2, 0) is 27.0 Å². The van der Waals surface area contributed by atoms with Gasteiger partial charge in [-0.05, 0) is 52.9 Å². The fraction of sp³-hybridized carbons (Fsp3) is 0.207. The van der Waals surface area contributed by atoms with Crippen LogP contribution in [0.2, 0.25) is 0 Å². The van der Waals surface area contributed by atoms with Crippen LogP contribution in [0.5, 0.6) is 5.75 Å². The van der Waals surface area contributed by atoms with E-state index in [0.29, 0.717) is 5.56 Å². The molecule has 4 aromatic carbocycles. The molecule has 0 aliphatic heterocycles. The summed E-state index contributed by atoms with van der Waals surface area (Å²) in [5.74, 6) is -0.486. The molecule has 0 bridgehead atoms. The standard InChI is InChI=1S/C29H30N2O4S/c1-21(26-14-8-12-24-11-6-7-13-27(24)26)30-29(33)28(19-22-15-17-25(32)18-16-22)31(2)36(34,35)20-23-9-4-3-5-10-23/h3-18,21,28,32H,19-20H2,1-2H3,(H,30,33). The molecule has 2 N–H and O–H groups in total. The molecule has 2 atom stereocenters. The van der Waals surface area contributed by atoms with Crippen molar-refractivity contribution in [2.24, 2.45) is 0 Å². The third kappa shape index (κ3) is 5.93. The summed E-state index contributed by atoms with van der Waals surface area (Å²) >= 11 is 0. The minimum Gasteiger partial charge on any atom is -0.508 e. The Morgan fingerprint density at radius 1 is 0.861 bits per heavy atom. The first-order valence-electron chi connectivity index (χ1n) is 11.8. The Kier molecular flexibility index (Phi) is 7.72. The van der Waals surface area contributed by atoms with E-state index in [-0.39, 0.29) is 29.9 Å². The van der Waals surface area contributed by atoms with Gasteiger partial charge in [0.05, 0.1) is 11.8 Å². The SMILES string of the molecule is CC(NC(=O)C(Cc1ccc(O)cc1)N(C)S(=O)(=O)Cc1ccccc1)c1cccc2ccccc12. The number of hydrogen-bond donors (Lipinski definition) is 2. The molecule has 0 aliphatic carbocycles. The summed E-state index contributed by atoms with van der Waals surface area (Å²) in [6.45, 7) is 1.90. The number of sulfonamides is 1. The highest BCUT2D eigenvalue weighted by molar-refractivity contribution is 7.88. The van der Waals surface area contributed by atoms with Crippen LogP contribution >= 0.6 is 0 Å². The van der Waals surface area contributed by atoms with E-state index in [1.807, 2.05) is 55.5 Å². The second kappa shape index (κ2) is 10.9. The van der Waals surface area contributed by atoms with Gasteiger partial charge in [0.1, 0.15) is 11.8 Å². The molecule has 0 saturated heterocycles. The number of phenolic OH excluding ortho intramolecular Hbond substituents is 1. The lowest BCUT2D eigenvalue weighted by Crippen LogP contribution is -2.49. The maximum atomic E-state index is 13.6. The average Bonchev–Trinajstić information content (AvgIpc) is 2.87. The fourth-order valence-electron chi connectivity index (χ4n) is 4.34. The minimum atomic E-state index is -3.80. The van der Waals surface area contributed by atoms with E-state index in [2.05, 4.69) is 5.32 Å². The Hall–Kier alpha value is -3.68. The summed E-state index contributed by atoms with van der Waals surface area (Å²) in [7, 11) is -2.35. The second-order valence-corrected chi connectivity index (χ2v) is 11.0. The van der Waals surface area contributed by atoms with E-state index >= 15 is 0 Å². The molecule has 36 heavy (non-hydrogen) atoms. The number of nitrogens with zero attached hydrogens (tertiary/aromatic N) is 1. The lowest BCUT2D eigenvalue weighted by atomic mass is 9.99. The van der Waals surface area contributed by atoms with Crippen molar-refractivity contribution in [3.05, 3.63) is 114 Å². The minimum absolute atomic E-state index is 0.106. The van der Waals surface area contributed by atoms with E-state index in [9.17, 15) is 18.3 Å². The average molecular weight is 503 g/mol. The highest BCUT2D eigenvalue weighted by Crippen LogP contribution is 2.25. The maximum absolute atomic E-state index is 13.6. The Labute approximate surface area is 212 Å². The van der Waals surface area contributed by atoms with Gasteiger partial charge in [0.25, 0.3) is 0 Å². The zero-order chi connectivity index (χ0) is 25.7. The van der Waals surface area contributed by atoms with Crippen molar-refractivity contribution in [3.63, 3.8) is 0 Å². The van der Waals surface area contributed by atoms with Crippen LogP contribution in [0.15, 0.2) is 97.1 Å². The summed E-state index contributed by atoms with van der Waals surface area (Å²) in [6, 6.07) is 27.9. The van der Waals surface area contributed by atoms with Crippen molar-refractivity contribution in [3.8, 4) is 5.75 Å². The van der Waals surface area contributed by atoms with Gasteiger partial charge in [-0.15, -0.1) is 0 Å². The van der Waals surface area contributed by atoms with Crippen LogP contribution in [-0.4, -0.2) is 36.8 Å². The Bertz CT molecular complexity index is 1430. The van der Waals surface area contributed by atoms with Crippen LogP contribution in [0.25, 0.3) is 10.8 Å². The lowest BCUT2D eigenvalue weighted by Gasteiger charge is -2.28. The molecule has 186 valence electrons. The summed E-state index contributed by atoms with van der Waals surface area (Å²) in [6.07, 6.45) is 0.166. The highest BCUT2D eigenvalue weighted by Gasteiger charge is 2.33. The van der Waals surface area contributed by atoms with Gasteiger partial charge in [0, 0.05) is 7.05 Å². The first-order chi connectivity index (χ1) is 17.2. The summed E-state index contributed by atoms with van der Waals surface area (Å²) in [4.78, 5) is 13.6. The number of carbonyl (C=O) groups is 1. The molecule has 0 fully saturated rings. The molecule has 2 unspecified atom stereocenters. The predicted molar refractivity (Wildman–Crippen MR) is 143 cm³/mol.